The van der Waals surface area contributed by atoms with E-state index in [1.165, 1.54) is 0 Å². The van der Waals surface area contributed by atoms with Crippen LogP contribution >= 0.6 is 11.6 Å². The third-order valence-corrected chi connectivity index (χ3v) is 4.75. The molecule has 0 bridgehead atoms. The van der Waals surface area contributed by atoms with E-state index in [1.807, 2.05) is 20.2 Å². The van der Waals surface area contributed by atoms with E-state index < -0.39 is 0 Å². The van der Waals surface area contributed by atoms with Gasteiger partial charge in [-0.3, -0.25) is 0 Å². The Morgan fingerprint density at radius 3 is 2.89 bits per heavy atom. The van der Waals surface area contributed by atoms with Crippen molar-refractivity contribution in [2.75, 3.05) is 6.61 Å². The molecule has 2 aromatic rings. The number of hydrogen-bond donors (Lipinski definition) is 1. The van der Waals surface area contributed by atoms with Crippen molar-refractivity contribution in [1.82, 2.24) is 14.5 Å². The molecule has 5 heteroatoms. The summed E-state index contributed by atoms with van der Waals surface area (Å²) in [7, 11) is 0. The van der Waals surface area contributed by atoms with Crippen LogP contribution in [0.25, 0.3) is 11.2 Å². The number of aromatic nitrogens is 3. The van der Waals surface area contributed by atoms with Crippen LogP contribution in [0.2, 0.25) is 5.02 Å². The zero-order valence-corrected chi connectivity index (χ0v) is 12.0. The molecule has 2 unspecified atom stereocenters. The molecular formula is C14H18ClN3O. The number of rotatable bonds is 2. The van der Waals surface area contributed by atoms with Gasteiger partial charge in [0.25, 0.3) is 0 Å². The van der Waals surface area contributed by atoms with E-state index in [0.29, 0.717) is 17.0 Å². The predicted octanol–water partition coefficient (Wildman–Crippen LogP) is 3.04. The first-order valence-corrected chi connectivity index (χ1v) is 7.09. The summed E-state index contributed by atoms with van der Waals surface area (Å²) in [5.74, 6) is 0.407. The maximum absolute atomic E-state index is 9.26. The van der Waals surface area contributed by atoms with Crippen LogP contribution < -0.4 is 0 Å². The summed E-state index contributed by atoms with van der Waals surface area (Å²) in [6, 6.07) is 0.382. The SMILES string of the molecule is Cc1nc2c(ncn2C2CCC(CO)C2)c(Cl)c1C. The lowest BCUT2D eigenvalue weighted by molar-refractivity contribution is 0.226. The first-order chi connectivity index (χ1) is 9.11. The molecule has 3 rings (SSSR count). The molecule has 0 radical (unpaired) electrons. The van der Waals surface area contributed by atoms with Crippen molar-refractivity contribution in [3.8, 4) is 0 Å². The van der Waals surface area contributed by atoms with Crippen LogP contribution in [0.15, 0.2) is 6.33 Å². The quantitative estimate of drug-likeness (QED) is 0.919. The minimum Gasteiger partial charge on any atom is -0.396 e. The van der Waals surface area contributed by atoms with Crippen molar-refractivity contribution in [3.05, 3.63) is 22.6 Å². The lowest BCUT2D eigenvalue weighted by Gasteiger charge is -2.13. The fourth-order valence-electron chi connectivity index (χ4n) is 2.93. The van der Waals surface area contributed by atoms with E-state index in [0.717, 1.165) is 41.7 Å². The molecule has 0 saturated heterocycles. The summed E-state index contributed by atoms with van der Waals surface area (Å²) in [5.41, 5.74) is 3.61. The number of halogens is 1. The van der Waals surface area contributed by atoms with Gasteiger partial charge >= 0.3 is 0 Å². The number of pyridine rings is 1. The van der Waals surface area contributed by atoms with Gasteiger partial charge in [-0.1, -0.05) is 11.6 Å². The number of nitrogens with zero attached hydrogens (tertiary/aromatic N) is 3. The standard InChI is InChI=1S/C14H18ClN3O/c1-8-9(2)17-14-13(12(8)15)16-7-18(14)11-4-3-10(5-11)6-19/h7,10-11,19H,3-6H2,1-2H3. The second kappa shape index (κ2) is 4.76. The van der Waals surface area contributed by atoms with Crippen molar-refractivity contribution in [1.29, 1.82) is 0 Å². The first kappa shape index (κ1) is 12.9. The summed E-state index contributed by atoms with van der Waals surface area (Å²) < 4.78 is 2.13. The van der Waals surface area contributed by atoms with E-state index in [2.05, 4.69) is 14.5 Å². The van der Waals surface area contributed by atoms with Crippen LogP contribution in [0.5, 0.6) is 0 Å². The Balaban J connectivity index is 2.06. The zero-order valence-electron chi connectivity index (χ0n) is 11.2. The molecule has 2 aromatic heterocycles. The van der Waals surface area contributed by atoms with Gasteiger partial charge in [-0.15, -0.1) is 0 Å². The lowest BCUT2D eigenvalue weighted by atomic mass is 10.1. The summed E-state index contributed by atoms with van der Waals surface area (Å²) in [4.78, 5) is 9.07. The van der Waals surface area contributed by atoms with E-state index in [1.54, 1.807) is 0 Å². The molecule has 1 fully saturated rings. The van der Waals surface area contributed by atoms with Crippen molar-refractivity contribution >= 4 is 22.8 Å². The Labute approximate surface area is 117 Å². The van der Waals surface area contributed by atoms with E-state index in [4.69, 9.17) is 11.6 Å². The maximum Gasteiger partial charge on any atom is 0.161 e. The van der Waals surface area contributed by atoms with E-state index in [9.17, 15) is 5.11 Å². The highest BCUT2D eigenvalue weighted by molar-refractivity contribution is 6.35. The van der Waals surface area contributed by atoms with Crippen LogP contribution in [-0.4, -0.2) is 26.2 Å². The van der Waals surface area contributed by atoms with Gasteiger partial charge in [-0.2, -0.15) is 0 Å². The molecule has 0 amide bonds. The van der Waals surface area contributed by atoms with Gasteiger partial charge in [-0.25, -0.2) is 9.97 Å². The largest absolute Gasteiger partial charge is 0.396 e. The highest BCUT2D eigenvalue weighted by atomic mass is 35.5. The zero-order chi connectivity index (χ0) is 13.6. The summed E-state index contributed by atoms with van der Waals surface area (Å²) in [5, 5.41) is 9.96. The highest BCUT2D eigenvalue weighted by Crippen LogP contribution is 2.37. The third-order valence-electron chi connectivity index (χ3n) is 4.29. The Kier molecular flexibility index (Phi) is 3.23. The van der Waals surface area contributed by atoms with Crippen LogP contribution in [0.3, 0.4) is 0 Å². The number of aryl methyl sites for hydroxylation is 1. The normalized spacial score (nSPS) is 23.4. The van der Waals surface area contributed by atoms with Crippen LogP contribution in [0.1, 0.15) is 36.6 Å². The summed E-state index contributed by atoms with van der Waals surface area (Å²) in [6.07, 6.45) is 4.98. The van der Waals surface area contributed by atoms with Crippen molar-refractivity contribution in [2.24, 2.45) is 5.92 Å². The lowest BCUT2D eigenvalue weighted by Crippen LogP contribution is -2.07. The first-order valence-electron chi connectivity index (χ1n) is 6.72. The fourth-order valence-corrected chi connectivity index (χ4v) is 3.20. The average Bonchev–Trinajstić information content (AvgIpc) is 3.01. The number of imidazole rings is 1. The second-order valence-electron chi connectivity index (χ2n) is 5.48. The van der Waals surface area contributed by atoms with Crippen LogP contribution in [0.4, 0.5) is 0 Å². The van der Waals surface area contributed by atoms with Crippen LogP contribution in [0, 0.1) is 19.8 Å². The molecule has 0 spiro atoms. The number of aliphatic hydroxyl groups excluding tert-OH is 1. The Bertz CT molecular complexity index is 623. The van der Waals surface area contributed by atoms with Gasteiger partial charge in [0.1, 0.15) is 5.52 Å². The van der Waals surface area contributed by atoms with Crippen molar-refractivity contribution < 1.29 is 5.11 Å². The molecular weight excluding hydrogens is 262 g/mol. The van der Waals surface area contributed by atoms with E-state index >= 15 is 0 Å². The minimum absolute atomic E-state index is 0.273. The summed E-state index contributed by atoms with van der Waals surface area (Å²) in [6.45, 7) is 4.22. The number of aliphatic hydroxyl groups is 1. The average molecular weight is 280 g/mol. The Morgan fingerprint density at radius 1 is 1.42 bits per heavy atom. The maximum atomic E-state index is 9.26. The topological polar surface area (TPSA) is 50.9 Å². The van der Waals surface area contributed by atoms with Gasteiger partial charge in [0.2, 0.25) is 0 Å². The molecule has 1 N–H and O–H groups in total. The van der Waals surface area contributed by atoms with Gasteiger partial charge in [0.05, 0.1) is 11.3 Å². The van der Waals surface area contributed by atoms with Crippen molar-refractivity contribution in [3.63, 3.8) is 0 Å². The van der Waals surface area contributed by atoms with Gasteiger partial charge in [-0.05, 0) is 44.6 Å². The molecule has 4 nitrogen and oxygen atoms in total. The number of fused-ring (bicyclic) bond motifs is 1. The number of hydrogen-bond acceptors (Lipinski definition) is 3. The molecule has 102 valence electrons. The monoisotopic (exact) mass is 279 g/mol. The predicted molar refractivity (Wildman–Crippen MR) is 75.5 cm³/mol. The molecule has 0 aromatic carbocycles. The Morgan fingerprint density at radius 2 is 2.21 bits per heavy atom. The van der Waals surface area contributed by atoms with E-state index in [-0.39, 0.29) is 6.61 Å². The molecule has 2 heterocycles. The molecule has 1 saturated carbocycles. The Hall–Kier alpha value is -1.13. The second-order valence-corrected chi connectivity index (χ2v) is 5.85. The molecule has 1 aliphatic rings. The third kappa shape index (κ3) is 2.03. The van der Waals surface area contributed by atoms with Gasteiger partial charge < -0.3 is 9.67 Å². The van der Waals surface area contributed by atoms with Crippen LogP contribution in [-0.2, 0) is 0 Å². The van der Waals surface area contributed by atoms with Gasteiger partial charge in [0, 0.05) is 18.3 Å². The molecule has 0 aliphatic heterocycles. The molecule has 19 heavy (non-hydrogen) atoms. The smallest absolute Gasteiger partial charge is 0.161 e. The highest BCUT2D eigenvalue weighted by Gasteiger charge is 2.27. The van der Waals surface area contributed by atoms with Crippen molar-refractivity contribution in [2.45, 2.75) is 39.2 Å². The summed E-state index contributed by atoms with van der Waals surface area (Å²) >= 11 is 6.35. The van der Waals surface area contributed by atoms with Gasteiger partial charge in [0.15, 0.2) is 5.65 Å². The molecule has 2 atom stereocenters. The molecule has 1 aliphatic carbocycles. The fraction of sp³-hybridized carbons (Fsp3) is 0.571. The minimum atomic E-state index is 0.273.